The van der Waals surface area contributed by atoms with Gasteiger partial charge in [-0.15, -0.1) is 0 Å². The Morgan fingerprint density at radius 1 is 1.21 bits per heavy atom. The fourth-order valence-corrected chi connectivity index (χ4v) is 3.74. The van der Waals surface area contributed by atoms with Gasteiger partial charge in [0, 0.05) is 33.7 Å². The number of piperidine rings is 1. The maximum Gasteiger partial charge on any atom is 0.280 e. The number of ether oxygens (including phenoxy) is 1. The SMILES string of the molecule is Cc1nc(C(=O)NC(N)=NCCCCN2CCC(OCS(=O)(=O)N(C)C)CC2)c(N)nc1N. The molecule has 0 bridgehead atoms. The third-order valence-corrected chi connectivity index (χ3v) is 6.85. The smallest absolute Gasteiger partial charge is 0.280 e. The van der Waals surface area contributed by atoms with Gasteiger partial charge in [0.1, 0.15) is 5.82 Å². The van der Waals surface area contributed by atoms with E-state index in [2.05, 4.69) is 25.2 Å². The lowest BCUT2D eigenvalue weighted by atomic mass is 10.1. The van der Waals surface area contributed by atoms with Gasteiger partial charge < -0.3 is 26.8 Å². The van der Waals surface area contributed by atoms with Crippen LogP contribution in [-0.2, 0) is 14.8 Å². The highest BCUT2D eigenvalue weighted by Gasteiger charge is 2.22. The molecule has 0 aromatic carbocycles. The molecule has 1 amide bonds. The largest absolute Gasteiger partial charge is 0.382 e. The minimum atomic E-state index is -3.34. The molecule has 1 aliphatic rings. The fourth-order valence-electron chi connectivity index (χ4n) is 3.16. The second kappa shape index (κ2) is 12.1. The first-order chi connectivity index (χ1) is 15.5. The van der Waals surface area contributed by atoms with E-state index in [0.717, 1.165) is 45.3 Å². The van der Waals surface area contributed by atoms with Gasteiger partial charge in [-0.25, -0.2) is 22.7 Å². The molecule has 14 heteroatoms. The molecule has 0 saturated carbocycles. The second-order valence-electron chi connectivity index (χ2n) is 8.08. The number of carbonyl (C=O) groups is 1. The number of anilines is 2. The lowest BCUT2D eigenvalue weighted by Gasteiger charge is -2.31. The first-order valence-corrected chi connectivity index (χ1v) is 12.4. The zero-order valence-electron chi connectivity index (χ0n) is 19.5. The number of guanidine groups is 1. The predicted octanol–water partition coefficient (Wildman–Crippen LogP) is -0.896. The van der Waals surface area contributed by atoms with E-state index >= 15 is 0 Å². The minimum absolute atomic E-state index is 0.0127. The Kier molecular flexibility index (Phi) is 9.76. The third kappa shape index (κ3) is 8.38. The van der Waals surface area contributed by atoms with E-state index in [4.69, 9.17) is 21.9 Å². The van der Waals surface area contributed by atoms with Crippen molar-refractivity contribution in [3.05, 3.63) is 11.4 Å². The summed E-state index contributed by atoms with van der Waals surface area (Å²) >= 11 is 0. The van der Waals surface area contributed by atoms with Crippen LogP contribution in [-0.4, -0.2) is 91.8 Å². The number of unbranched alkanes of at least 4 members (excludes halogenated alkanes) is 1. The molecule has 0 spiro atoms. The number of nitrogens with one attached hydrogen (secondary N) is 1. The van der Waals surface area contributed by atoms with Crippen LogP contribution in [0.25, 0.3) is 0 Å². The molecule has 1 aromatic heterocycles. The summed E-state index contributed by atoms with van der Waals surface area (Å²) in [6.07, 6.45) is 3.29. The van der Waals surface area contributed by atoms with Crippen LogP contribution in [0.2, 0.25) is 0 Å². The topological polar surface area (TPSA) is 195 Å². The minimum Gasteiger partial charge on any atom is -0.382 e. The number of aliphatic imine (C=N–C) groups is 1. The molecule has 0 atom stereocenters. The molecule has 0 unspecified atom stereocenters. The van der Waals surface area contributed by atoms with Crippen molar-refractivity contribution >= 4 is 33.5 Å². The van der Waals surface area contributed by atoms with Gasteiger partial charge in [-0.3, -0.25) is 15.1 Å². The average molecular weight is 486 g/mol. The molecule has 7 N–H and O–H groups in total. The Morgan fingerprint density at radius 3 is 2.52 bits per heavy atom. The van der Waals surface area contributed by atoms with Gasteiger partial charge in [0.2, 0.25) is 10.0 Å². The first-order valence-electron chi connectivity index (χ1n) is 10.7. The van der Waals surface area contributed by atoms with Gasteiger partial charge in [-0.2, -0.15) is 0 Å². The molecular weight excluding hydrogens is 450 g/mol. The molecule has 0 radical (unpaired) electrons. The summed E-state index contributed by atoms with van der Waals surface area (Å²) in [5.41, 5.74) is 17.4. The monoisotopic (exact) mass is 485 g/mol. The summed E-state index contributed by atoms with van der Waals surface area (Å²) in [6, 6.07) is 0. The Morgan fingerprint density at radius 2 is 1.88 bits per heavy atom. The van der Waals surface area contributed by atoms with Crippen molar-refractivity contribution in [2.45, 2.75) is 38.7 Å². The van der Waals surface area contributed by atoms with E-state index in [1.54, 1.807) is 6.92 Å². The third-order valence-electron chi connectivity index (χ3n) is 5.30. The molecule has 0 aliphatic carbocycles. The summed E-state index contributed by atoms with van der Waals surface area (Å²) in [5, 5.41) is 2.45. The van der Waals surface area contributed by atoms with Crippen molar-refractivity contribution in [3.8, 4) is 0 Å². The number of sulfonamides is 1. The highest BCUT2D eigenvalue weighted by molar-refractivity contribution is 7.88. The van der Waals surface area contributed by atoms with Crippen LogP contribution in [0.1, 0.15) is 41.9 Å². The van der Waals surface area contributed by atoms with Crippen molar-refractivity contribution in [2.75, 3.05) is 57.7 Å². The first kappa shape index (κ1) is 26.7. The lowest BCUT2D eigenvalue weighted by molar-refractivity contribution is 0.0289. The van der Waals surface area contributed by atoms with E-state index in [1.165, 1.54) is 18.4 Å². The van der Waals surface area contributed by atoms with Gasteiger partial charge in [0.25, 0.3) is 5.91 Å². The molecule has 1 saturated heterocycles. The molecule has 2 heterocycles. The molecule has 2 rings (SSSR count). The molecule has 1 aromatic rings. The van der Waals surface area contributed by atoms with E-state index < -0.39 is 15.9 Å². The zero-order valence-corrected chi connectivity index (χ0v) is 20.3. The van der Waals surface area contributed by atoms with Crippen molar-refractivity contribution in [2.24, 2.45) is 10.7 Å². The number of rotatable bonds is 10. The van der Waals surface area contributed by atoms with Crippen molar-refractivity contribution in [1.82, 2.24) is 24.5 Å². The van der Waals surface area contributed by atoms with Crippen LogP contribution in [0.4, 0.5) is 11.6 Å². The predicted molar refractivity (Wildman–Crippen MR) is 127 cm³/mol. The maximum absolute atomic E-state index is 12.2. The zero-order chi connectivity index (χ0) is 24.6. The van der Waals surface area contributed by atoms with Crippen LogP contribution >= 0.6 is 0 Å². The summed E-state index contributed by atoms with van der Waals surface area (Å²) in [5.74, 6) is -0.789. The van der Waals surface area contributed by atoms with Crippen molar-refractivity contribution < 1.29 is 17.9 Å². The van der Waals surface area contributed by atoms with E-state index in [9.17, 15) is 13.2 Å². The Bertz CT molecular complexity index is 945. The Labute approximate surface area is 194 Å². The fraction of sp³-hybridized carbons (Fsp3) is 0.684. The van der Waals surface area contributed by atoms with Crippen LogP contribution in [0.5, 0.6) is 0 Å². The summed E-state index contributed by atoms with van der Waals surface area (Å²) in [4.78, 5) is 26.6. The van der Waals surface area contributed by atoms with Crippen LogP contribution in [0.15, 0.2) is 4.99 Å². The van der Waals surface area contributed by atoms with Gasteiger partial charge in [0.05, 0.1) is 11.8 Å². The number of amides is 1. The lowest BCUT2D eigenvalue weighted by Crippen LogP contribution is -2.39. The number of aromatic nitrogens is 2. The molecule has 33 heavy (non-hydrogen) atoms. The molecule has 1 fully saturated rings. The summed E-state index contributed by atoms with van der Waals surface area (Å²) in [7, 11) is -0.341. The van der Waals surface area contributed by atoms with E-state index in [1.807, 2.05) is 0 Å². The number of hydrogen-bond donors (Lipinski definition) is 4. The Hall–Kier alpha value is -2.55. The van der Waals surface area contributed by atoms with Gasteiger partial charge in [-0.1, -0.05) is 0 Å². The molecule has 186 valence electrons. The normalized spacial score (nSPS) is 16.3. The highest BCUT2D eigenvalue weighted by Crippen LogP contribution is 2.15. The number of aryl methyl sites for hydroxylation is 1. The standard InChI is InChI=1S/C19H35N9O4S/c1-13-16(20)25-17(21)15(24-13)18(29)26-19(22)23-8-4-5-9-28-10-6-14(7-11-28)32-12-33(30,31)27(2)3/h14H,4-12H2,1-3H3,(H4,20,21,25)(H3,22,23,26,29). The van der Waals surface area contributed by atoms with Crippen molar-refractivity contribution in [1.29, 1.82) is 0 Å². The summed E-state index contributed by atoms with van der Waals surface area (Å²) < 4.78 is 30.3. The highest BCUT2D eigenvalue weighted by atomic mass is 32.2. The Balaban J connectivity index is 1.64. The van der Waals surface area contributed by atoms with Crippen LogP contribution in [0, 0.1) is 6.92 Å². The van der Waals surface area contributed by atoms with E-state index in [0.29, 0.717) is 12.2 Å². The number of nitrogens with zero attached hydrogens (tertiary/aromatic N) is 5. The molecule has 1 aliphatic heterocycles. The maximum atomic E-state index is 12.2. The average Bonchev–Trinajstić information content (AvgIpc) is 2.75. The van der Waals surface area contributed by atoms with Crippen LogP contribution in [0.3, 0.4) is 0 Å². The van der Waals surface area contributed by atoms with Gasteiger partial charge in [0.15, 0.2) is 23.4 Å². The number of hydrogen-bond acceptors (Lipinski definition) is 10. The molecular formula is C19H35N9O4S. The molecule has 13 nitrogen and oxygen atoms in total. The van der Waals surface area contributed by atoms with E-state index in [-0.39, 0.29) is 35.3 Å². The quantitative estimate of drug-likeness (QED) is 0.183. The van der Waals surface area contributed by atoms with Gasteiger partial charge in [-0.05, 0) is 39.2 Å². The number of nitrogen functional groups attached to an aromatic ring is 2. The van der Waals surface area contributed by atoms with Crippen molar-refractivity contribution in [3.63, 3.8) is 0 Å². The van der Waals surface area contributed by atoms with Crippen LogP contribution < -0.4 is 22.5 Å². The number of nitrogens with two attached hydrogens (primary N) is 3. The summed E-state index contributed by atoms with van der Waals surface area (Å²) in [6.45, 7) is 4.72. The number of likely N-dealkylation sites (tertiary alicyclic amines) is 1. The van der Waals surface area contributed by atoms with Gasteiger partial charge >= 0.3 is 0 Å². The second-order valence-corrected chi connectivity index (χ2v) is 10.2. The number of carbonyl (C=O) groups excluding carboxylic acids is 1.